The number of hydrogen-bond donors (Lipinski definition) is 1. The predicted octanol–water partition coefficient (Wildman–Crippen LogP) is 7.32. The van der Waals surface area contributed by atoms with Gasteiger partial charge in [0.25, 0.3) is 5.91 Å². The Morgan fingerprint density at radius 1 is 1.08 bits per heavy atom. The average Bonchev–Trinajstić information content (AvgIpc) is 3.20. The molecule has 6 nitrogen and oxygen atoms in total. The number of carbonyl (C=O) groups is 2. The number of ether oxygens (including phenoxy) is 2. The van der Waals surface area contributed by atoms with E-state index in [0.29, 0.717) is 29.0 Å². The van der Waals surface area contributed by atoms with Crippen molar-refractivity contribution in [2.75, 3.05) is 13.2 Å². The van der Waals surface area contributed by atoms with Crippen LogP contribution < -0.4 is 4.74 Å². The Hall–Kier alpha value is -3.23. The third-order valence-electron chi connectivity index (χ3n) is 6.76. The quantitative estimate of drug-likeness (QED) is 0.351. The van der Waals surface area contributed by atoms with E-state index >= 15 is 0 Å². The fraction of sp³-hybridized carbons (Fsp3) is 0.533. The number of carbonyl (C=O) groups excluding carboxylic acids is 2. The van der Waals surface area contributed by atoms with Crippen LogP contribution in [0.5, 0.6) is 5.75 Å². The zero-order valence-electron chi connectivity index (χ0n) is 24.0. The minimum atomic E-state index is -4.48. The third kappa shape index (κ3) is 6.50. The topological polar surface area (TPSA) is 71.6 Å². The first-order valence-corrected chi connectivity index (χ1v) is 13.4. The monoisotopic (exact) mass is 548 g/mol. The van der Waals surface area contributed by atoms with Crippen LogP contribution in [-0.4, -0.2) is 47.2 Å². The molecular formula is C30H39F3N2O4. The number of fused-ring (bicyclic) bond motifs is 1. The zero-order chi connectivity index (χ0) is 29.3. The van der Waals surface area contributed by atoms with E-state index in [1.807, 2.05) is 34.6 Å². The molecule has 214 valence electrons. The van der Waals surface area contributed by atoms with Gasteiger partial charge in [0.15, 0.2) is 0 Å². The summed E-state index contributed by atoms with van der Waals surface area (Å²) in [5.74, 6) is -2.47. The SMILES string of the molecule is CCCOc1ccc(C(=O)N2C=C(C(=O)OC(C)C)c3[nH]c(C(C)C(F)(F)F)c(C(C)C)c3C(C)(C)C2)cc1. The molecule has 1 amide bonds. The first-order chi connectivity index (χ1) is 18.1. The lowest BCUT2D eigenvalue weighted by Gasteiger charge is -2.31. The molecule has 2 aromatic rings. The minimum absolute atomic E-state index is 0.0167. The molecule has 0 fully saturated rings. The van der Waals surface area contributed by atoms with E-state index in [0.717, 1.165) is 13.3 Å². The second-order valence-electron chi connectivity index (χ2n) is 11.3. The van der Waals surface area contributed by atoms with Crippen molar-refractivity contribution in [3.05, 3.63) is 58.5 Å². The maximum atomic E-state index is 13.9. The van der Waals surface area contributed by atoms with Crippen LogP contribution in [0.25, 0.3) is 5.57 Å². The number of amides is 1. The lowest BCUT2D eigenvalue weighted by molar-refractivity contribution is -0.147. The van der Waals surface area contributed by atoms with Gasteiger partial charge >= 0.3 is 12.1 Å². The number of nitrogens with zero attached hydrogens (tertiary/aromatic N) is 1. The standard InChI is InChI=1S/C30H39F3N2O4/c1-9-14-38-21-12-10-20(11-13-21)27(36)35-15-22(28(37)39-18(4)5)26-24(29(7,8)16-35)23(17(2)3)25(34-26)19(6)30(31,32)33/h10-13,15,17-19,34H,9,14,16H2,1-8H3. The van der Waals surface area contributed by atoms with E-state index in [2.05, 4.69) is 4.98 Å². The van der Waals surface area contributed by atoms with Crippen molar-refractivity contribution >= 4 is 17.4 Å². The van der Waals surface area contributed by atoms with Crippen LogP contribution in [-0.2, 0) is 14.9 Å². The van der Waals surface area contributed by atoms with Crippen molar-refractivity contribution in [3.8, 4) is 5.75 Å². The van der Waals surface area contributed by atoms with Gasteiger partial charge in [0.2, 0.25) is 0 Å². The Labute approximate surface area is 228 Å². The summed E-state index contributed by atoms with van der Waals surface area (Å²) in [5, 5.41) is 0. The highest BCUT2D eigenvalue weighted by Gasteiger charge is 2.45. The molecule has 1 aliphatic rings. The molecule has 1 aromatic heterocycles. The molecule has 0 radical (unpaired) electrons. The highest BCUT2D eigenvalue weighted by atomic mass is 19.4. The molecule has 3 rings (SSSR count). The molecule has 0 saturated carbocycles. The van der Waals surface area contributed by atoms with Gasteiger partial charge in [-0.15, -0.1) is 0 Å². The largest absolute Gasteiger partial charge is 0.494 e. The molecule has 1 N–H and O–H groups in total. The van der Waals surface area contributed by atoms with Gasteiger partial charge in [-0.2, -0.15) is 13.2 Å². The molecule has 1 aliphatic heterocycles. The normalized spacial score (nSPS) is 16.0. The fourth-order valence-electron chi connectivity index (χ4n) is 4.96. The minimum Gasteiger partial charge on any atom is -0.494 e. The lowest BCUT2D eigenvalue weighted by atomic mass is 9.77. The molecule has 0 saturated heterocycles. The summed E-state index contributed by atoms with van der Waals surface area (Å²) >= 11 is 0. The predicted molar refractivity (Wildman–Crippen MR) is 145 cm³/mol. The number of nitrogens with one attached hydrogen (secondary N) is 1. The molecule has 2 heterocycles. The Morgan fingerprint density at radius 3 is 2.21 bits per heavy atom. The second kappa shape index (κ2) is 11.5. The van der Waals surface area contributed by atoms with Gasteiger partial charge in [-0.25, -0.2) is 4.79 Å². The number of esters is 1. The number of benzene rings is 1. The summed E-state index contributed by atoms with van der Waals surface area (Å²) in [5.41, 5.74) is 1.00. The first-order valence-electron chi connectivity index (χ1n) is 13.4. The molecule has 0 spiro atoms. The van der Waals surface area contributed by atoms with Crippen LogP contribution in [0.1, 0.15) is 107 Å². The number of aromatic amines is 1. The fourth-order valence-corrected chi connectivity index (χ4v) is 4.96. The van der Waals surface area contributed by atoms with Gasteiger partial charge in [0, 0.05) is 29.4 Å². The molecule has 9 heteroatoms. The maximum Gasteiger partial charge on any atom is 0.396 e. The maximum absolute atomic E-state index is 13.9. The van der Waals surface area contributed by atoms with Crippen molar-refractivity contribution in [1.82, 2.24) is 9.88 Å². The average molecular weight is 549 g/mol. The number of hydrogen-bond acceptors (Lipinski definition) is 4. The number of aromatic nitrogens is 1. The van der Waals surface area contributed by atoms with Crippen LogP contribution in [0.15, 0.2) is 30.5 Å². The summed E-state index contributed by atoms with van der Waals surface area (Å²) in [6.07, 6.45) is -2.68. The molecule has 0 bridgehead atoms. The van der Waals surface area contributed by atoms with Crippen molar-refractivity contribution in [2.45, 2.75) is 91.3 Å². The molecular weight excluding hydrogens is 509 g/mol. The highest BCUT2D eigenvalue weighted by Crippen LogP contribution is 2.46. The Bertz CT molecular complexity index is 1220. The van der Waals surface area contributed by atoms with Crippen molar-refractivity contribution in [1.29, 1.82) is 0 Å². The van der Waals surface area contributed by atoms with Gasteiger partial charge < -0.3 is 19.4 Å². The third-order valence-corrected chi connectivity index (χ3v) is 6.76. The Kier molecular flexibility index (Phi) is 8.92. The van der Waals surface area contributed by atoms with Crippen LogP contribution in [0.4, 0.5) is 13.2 Å². The Balaban J connectivity index is 2.19. The number of H-pyrrole nitrogens is 1. The summed E-state index contributed by atoms with van der Waals surface area (Å²) in [6, 6.07) is 6.75. The Morgan fingerprint density at radius 2 is 1.69 bits per heavy atom. The summed E-state index contributed by atoms with van der Waals surface area (Å²) in [7, 11) is 0. The first kappa shape index (κ1) is 30.3. The molecule has 1 atom stereocenters. The summed E-state index contributed by atoms with van der Waals surface area (Å²) in [6.45, 7) is 14.6. The van der Waals surface area contributed by atoms with E-state index in [-0.39, 0.29) is 35.3 Å². The van der Waals surface area contributed by atoms with Gasteiger partial charge in [-0.3, -0.25) is 4.79 Å². The highest BCUT2D eigenvalue weighted by molar-refractivity contribution is 6.17. The number of rotatable bonds is 8. The van der Waals surface area contributed by atoms with Gasteiger partial charge in [0.05, 0.1) is 29.9 Å². The summed E-state index contributed by atoms with van der Waals surface area (Å²) < 4.78 is 52.8. The number of alkyl halides is 3. The van der Waals surface area contributed by atoms with Crippen molar-refractivity contribution in [3.63, 3.8) is 0 Å². The zero-order valence-corrected chi connectivity index (χ0v) is 24.0. The van der Waals surface area contributed by atoms with E-state index in [1.165, 1.54) is 11.1 Å². The second-order valence-corrected chi connectivity index (χ2v) is 11.3. The lowest BCUT2D eigenvalue weighted by Crippen LogP contribution is -2.37. The van der Waals surface area contributed by atoms with E-state index < -0.39 is 29.6 Å². The van der Waals surface area contributed by atoms with E-state index in [1.54, 1.807) is 38.1 Å². The van der Waals surface area contributed by atoms with Gasteiger partial charge in [0.1, 0.15) is 5.75 Å². The van der Waals surface area contributed by atoms with Crippen LogP contribution in [0.2, 0.25) is 0 Å². The molecule has 1 unspecified atom stereocenters. The van der Waals surface area contributed by atoms with E-state index in [4.69, 9.17) is 9.47 Å². The van der Waals surface area contributed by atoms with Crippen LogP contribution in [0.3, 0.4) is 0 Å². The molecule has 39 heavy (non-hydrogen) atoms. The van der Waals surface area contributed by atoms with Crippen molar-refractivity contribution in [2.24, 2.45) is 0 Å². The van der Waals surface area contributed by atoms with Crippen molar-refractivity contribution < 1.29 is 32.2 Å². The van der Waals surface area contributed by atoms with Crippen LogP contribution >= 0.6 is 0 Å². The van der Waals surface area contributed by atoms with Gasteiger partial charge in [-0.1, -0.05) is 34.6 Å². The summed E-state index contributed by atoms with van der Waals surface area (Å²) in [4.78, 5) is 31.5. The smallest absolute Gasteiger partial charge is 0.396 e. The van der Waals surface area contributed by atoms with E-state index in [9.17, 15) is 22.8 Å². The van der Waals surface area contributed by atoms with Gasteiger partial charge in [-0.05, 0) is 68.5 Å². The molecule has 1 aromatic carbocycles. The number of halogens is 3. The molecule has 0 aliphatic carbocycles. The van der Waals surface area contributed by atoms with Crippen LogP contribution in [0, 0.1) is 0 Å².